The van der Waals surface area contributed by atoms with E-state index in [-0.39, 0.29) is 0 Å². The van der Waals surface area contributed by atoms with E-state index in [0.29, 0.717) is 5.92 Å². The molecule has 0 amide bonds. The zero-order valence-electron chi connectivity index (χ0n) is 14.1. The first-order valence-corrected chi connectivity index (χ1v) is 8.52. The Morgan fingerprint density at radius 2 is 1.71 bits per heavy atom. The van der Waals surface area contributed by atoms with Crippen LogP contribution in [0, 0.1) is 6.92 Å². The summed E-state index contributed by atoms with van der Waals surface area (Å²) >= 11 is 0. The van der Waals surface area contributed by atoms with Gasteiger partial charge in [0.2, 0.25) is 0 Å². The van der Waals surface area contributed by atoms with Crippen LogP contribution in [0.25, 0.3) is 0 Å². The Bertz CT molecular complexity index is 446. The van der Waals surface area contributed by atoms with Crippen LogP contribution in [0.5, 0.6) is 0 Å². The van der Waals surface area contributed by atoms with Crippen molar-refractivity contribution in [1.82, 2.24) is 9.97 Å². The van der Waals surface area contributed by atoms with Crippen molar-refractivity contribution in [3.05, 3.63) is 11.4 Å². The molecule has 1 aliphatic carbocycles. The predicted molar refractivity (Wildman–Crippen MR) is 90.3 cm³/mol. The fourth-order valence-electron chi connectivity index (χ4n) is 2.62. The maximum atomic E-state index is 4.92. The van der Waals surface area contributed by atoms with E-state index in [1.54, 1.807) is 0 Å². The molecule has 0 atom stereocenters. The van der Waals surface area contributed by atoms with Gasteiger partial charge in [0.05, 0.1) is 0 Å². The number of hydrogen-bond acceptors (Lipinski definition) is 4. The lowest BCUT2D eigenvalue weighted by atomic mass is 10.2. The van der Waals surface area contributed by atoms with Gasteiger partial charge in [-0.1, -0.05) is 26.7 Å². The van der Waals surface area contributed by atoms with Crippen LogP contribution in [-0.2, 0) is 0 Å². The molecular formula is C17H30N4. The van der Waals surface area contributed by atoms with E-state index in [1.807, 2.05) is 7.05 Å². The molecule has 0 saturated heterocycles. The highest BCUT2D eigenvalue weighted by Gasteiger charge is 2.28. The van der Waals surface area contributed by atoms with Crippen molar-refractivity contribution in [2.24, 2.45) is 0 Å². The van der Waals surface area contributed by atoms with Crippen molar-refractivity contribution < 1.29 is 0 Å². The monoisotopic (exact) mass is 290 g/mol. The van der Waals surface area contributed by atoms with Crippen LogP contribution in [-0.4, -0.2) is 30.1 Å². The van der Waals surface area contributed by atoms with Gasteiger partial charge in [-0.2, -0.15) is 0 Å². The second kappa shape index (κ2) is 7.62. The van der Waals surface area contributed by atoms with Crippen molar-refractivity contribution in [2.45, 2.75) is 65.2 Å². The van der Waals surface area contributed by atoms with Crippen LogP contribution in [0.4, 0.5) is 11.6 Å². The lowest BCUT2D eigenvalue weighted by Gasteiger charge is -2.26. The van der Waals surface area contributed by atoms with Crippen LogP contribution in [0.1, 0.15) is 69.7 Å². The molecule has 0 aliphatic heterocycles. The quantitative estimate of drug-likeness (QED) is 0.743. The van der Waals surface area contributed by atoms with Gasteiger partial charge >= 0.3 is 0 Å². The van der Waals surface area contributed by atoms with Crippen LogP contribution >= 0.6 is 0 Å². The Kier molecular flexibility index (Phi) is 5.83. The standard InChI is InChI=1S/C17H30N4/c1-5-7-11-21(12-8-6-2)17-13(3)15(18-4)19-16(20-17)14-9-10-14/h14H,5-12H2,1-4H3,(H,18,19,20). The van der Waals surface area contributed by atoms with E-state index in [2.05, 4.69) is 31.0 Å². The highest BCUT2D eigenvalue weighted by atomic mass is 15.2. The molecule has 0 radical (unpaired) electrons. The predicted octanol–water partition coefficient (Wildman–Crippen LogP) is 4.11. The molecule has 1 heterocycles. The molecule has 1 aliphatic rings. The van der Waals surface area contributed by atoms with Gasteiger partial charge in [0.1, 0.15) is 17.5 Å². The molecule has 0 aromatic carbocycles. The first-order valence-electron chi connectivity index (χ1n) is 8.52. The zero-order valence-corrected chi connectivity index (χ0v) is 14.1. The highest BCUT2D eigenvalue weighted by molar-refractivity contribution is 5.58. The molecule has 1 aromatic rings. The molecule has 0 spiro atoms. The van der Waals surface area contributed by atoms with Crippen LogP contribution in [0.2, 0.25) is 0 Å². The minimum Gasteiger partial charge on any atom is -0.373 e. The summed E-state index contributed by atoms with van der Waals surface area (Å²) in [7, 11) is 1.96. The smallest absolute Gasteiger partial charge is 0.137 e. The summed E-state index contributed by atoms with van der Waals surface area (Å²) in [4.78, 5) is 12.1. The summed E-state index contributed by atoms with van der Waals surface area (Å²) in [5.74, 6) is 3.78. The second-order valence-corrected chi connectivity index (χ2v) is 6.10. The molecule has 0 unspecified atom stereocenters. The summed E-state index contributed by atoms with van der Waals surface area (Å²) in [5.41, 5.74) is 1.19. The average Bonchev–Trinajstić information content (AvgIpc) is 3.33. The molecule has 1 fully saturated rings. The number of anilines is 2. The van der Waals surface area contributed by atoms with Crippen LogP contribution < -0.4 is 10.2 Å². The third-order valence-corrected chi connectivity index (χ3v) is 4.18. The van der Waals surface area contributed by atoms with E-state index in [1.165, 1.54) is 44.1 Å². The van der Waals surface area contributed by atoms with E-state index in [4.69, 9.17) is 9.97 Å². The van der Waals surface area contributed by atoms with E-state index in [9.17, 15) is 0 Å². The second-order valence-electron chi connectivity index (χ2n) is 6.10. The Morgan fingerprint density at radius 3 is 2.19 bits per heavy atom. The summed E-state index contributed by atoms with van der Waals surface area (Å²) in [6.07, 6.45) is 7.38. The number of aromatic nitrogens is 2. The summed E-state index contributed by atoms with van der Waals surface area (Å²) < 4.78 is 0. The summed E-state index contributed by atoms with van der Waals surface area (Å²) in [6.45, 7) is 8.84. The Balaban J connectivity index is 2.29. The fourth-order valence-corrected chi connectivity index (χ4v) is 2.62. The number of nitrogens with zero attached hydrogens (tertiary/aromatic N) is 3. The number of unbranched alkanes of at least 4 members (excludes halogenated alkanes) is 2. The molecule has 1 saturated carbocycles. The lowest BCUT2D eigenvalue weighted by molar-refractivity contribution is 0.666. The highest BCUT2D eigenvalue weighted by Crippen LogP contribution is 2.40. The van der Waals surface area contributed by atoms with Crippen molar-refractivity contribution in [3.8, 4) is 0 Å². The van der Waals surface area contributed by atoms with Gasteiger partial charge in [0.15, 0.2) is 0 Å². The minimum absolute atomic E-state index is 0.593. The Hall–Kier alpha value is -1.32. The molecule has 4 heteroatoms. The van der Waals surface area contributed by atoms with Gasteiger partial charge in [-0.3, -0.25) is 0 Å². The van der Waals surface area contributed by atoms with Gasteiger partial charge in [0.25, 0.3) is 0 Å². The normalized spacial score (nSPS) is 14.3. The van der Waals surface area contributed by atoms with E-state index < -0.39 is 0 Å². The van der Waals surface area contributed by atoms with Gasteiger partial charge in [-0.15, -0.1) is 0 Å². The molecule has 118 valence electrons. The third kappa shape index (κ3) is 4.08. The lowest BCUT2D eigenvalue weighted by Crippen LogP contribution is -2.28. The van der Waals surface area contributed by atoms with Crippen LogP contribution in [0.15, 0.2) is 0 Å². The molecule has 1 aromatic heterocycles. The maximum Gasteiger partial charge on any atom is 0.137 e. The molecule has 2 rings (SSSR count). The minimum atomic E-state index is 0.593. The molecule has 1 N–H and O–H groups in total. The number of hydrogen-bond donors (Lipinski definition) is 1. The van der Waals surface area contributed by atoms with Crippen molar-refractivity contribution in [1.29, 1.82) is 0 Å². The molecule has 21 heavy (non-hydrogen) atoms. The zero-order chi connectivity index (χ0) is 15.2. The van der Waals surface area contributed by atoms with Crippen LogP contribution in [0.3, 0.4) is 0 Å². The Labute approximate surface area is 129 Å². The maximum absolute atomic E-state index is 4.92. The molecule has 0 bridgehead atoms. The van der Waals surface area contributed by atoms with Gasteiger partial charge < -0.3 is 10.2 Å². The fraction of sp³-hybridized carbons (Fsp3) is 0.765. The van der Waals surface area contributed by atoms with Gasteiger partial charge in [-0.25, -0.2) is 9.97 Å². The SMILES string of the molecule is CCCCN(CCCC)c1nc(C2CC2)nc(NC)c1C. The van der Waals surface area contributed by atoms with Crippen molar-refractivity contribution in [3.63, 3.8) is 0 Å². The largest absolute Gasteiger partial charge is 0.373 e. The Morgan fingerprint density at radius 1 is 1.10 bits per heavy atom. The number of nitrogens with one attached hydrogen (secondary N) is 1. The first-order chi connectivity index (χ1) is 10.2. The van der Waals surface area contributed by atoms with E-state index in [0.717, 1.165) is 30.5 Å². The third-order valence-electron chi connectivity index (χ3n) is 4.18. The number of rotatable bonds is 9. The van der Waals surface area contributed by atoms with Gasteiger partial charge in [-0.05, 0) is 32.6 Å². The first kappa shape index (κ1) is 16.1. The topological polar surface area (TPSA) is 41.1 Å². The summed E-state index contributed by atoms with van der Waals surface area (Å²) in [6, 6.07) is 0. The van der Waals surface area contributed by atoms with E-state index >= 15 is 0 Å². The average molecular weight is 290 g/mol. The van der Waals surface area contributed by atoms with Crippen molar-refractivity contribution >= 4 is 11.6 Å². The summed E-state index contributed by atoms with van der Waals surface area (Å²) in [5, 5.41) is 3.25. The molecule has 4 nitrogen and oxygen atoms in total. The van der Waals surface area contributed by atoms with Gasteiger partial charge in [0, 0.05) is 31.6 Å². The van der Waals surface area contributed by atoms with Crippen molar-refractivity contribution in [2.75, 3.05) is 30.4 Å². The molecular weight excluding hydrogens is 260 g/mol.